The molecule has 2 heterocycles. The molecule has 1 saturated heterocycles. The standard InChI is InChI=1S/C19H25N3O5S/c1-13-11-22(12-14(2)27-13)28(25,26)9-8-20-19(24)16-10-18(23)21(3)17-7-5-4-6-15(16)17/h4-7,10,13-14H,8-9,11-12H2,1-3H3,(H,20,24). The summed E-state index contributed by atoms with van der Waals surface area (Å²) in [5, 5.41) is 3.27. The number of pyridine rings is 1. The van der Waals surface area contributed by atoms with Gasteiger partial charge in [0.25, 0.3) is 11.5 Å². The summed E-state index contributed by atoms with van der Waals surface area (Å²) in [7, 11) is -1.87. The SMILES string of the molecule is CC1CN(S(=O)(=O)CCNC(=O)c2cc(=O)n(C)c3ccccc23)CC(C)O1. The van der Waals surface area contributed by atoms with Crippen molar-refractivity contribution in [3.63, 3.8) is 0 Å². The number of hydrogen-bond donors (Lipinski definition) is 1. The molecular formula is C19H25N3O5S. The molecule has 3 rings (SSSR count). The zero-order valence-electron chi connectivity index (χ0n) is 16.2. The van der Waals surface area contributed by atoms with Crippen molar-refractivity contribution in [2.75, 3.05) is 25.4 Å². The van der Waals surface area contributed by atoms with Gasteiger partial charge in [0.15, 0.2) is 0 Å². The van der Waals surface area contributed by atoms with Crippen LogP contribution >= 0.6 is 0 Å². The second kappa shape index (κ2) is 8.02. The minimum Gasteiger partial charge on any atom is -0.373 e. The highest BCUT2D eigenvalue weighted by molar-refractivity contribution is 7.89. The quantitative estimate of drug-likeness (QED) is 0.787. The molecule has 0 spiro atoms. The summed E-state index contributed by atoms with van der Waals surface area (Å²) in [5.74, 6) is -0.672. The van der Waals surface area contributed by atoms with Gasteiger partial charge < -0.3 is 14.6 Å². The fourth-order valence-corrected chi connectivity index (χ4v) is 4.97. The molecule has 1 aliphatic rings. The summed E-state index contributed by atoms with van der Waals surface area (Å²) in [4.78, 5) is 24.7. The van der Waals surface area contributed by atoms with Gasteiger partial charge in [0.1, 0.15) is 0 Å². The molecule has 1 aliphatic heterocycles. The fourth-order valence-electron chi connectivity index (χ4n) is 3.47. The lowest BCUT2D eigenvalue weighted by atomic mass is 10.1. The number of morpholine rings is 1. The number of carbonyl (C=O) groups is 1. The normalized spacial score (nSPS) is 21.0. The molecule has 9 heteroatoms. The van der Waals surface area contributed by atoms with E-state index < -0.39 is 15.9 Å². The van der Waals surface area contributed by atoms with Gasteiger partial charge in [-0.15, -0.1) is 0 Å². The molecule has 1 amide bonds. The van der Waals surface area contributed by atoms with Crippen LogP contribution in [-0.2, 0) is 21.8 Å². The van der Waals surface area contributed by atoms with Crippen molar-refractivity contribution < 1.29 is 17.9 Å². The Morgan fingerprint density at radius 1 is 1.21 bits per heavy atom. The number of rotatable bonds is 5. The van der Waals surface area contributed by atoms with Crippen molar-refractivity contribution in [1.29, 1.82) is 0 Å². The third-order valence-corrected chi connectivity index (χ3v) is 6.63. The second-order valence-corrected chi connectivity index (χ2v) is 9.21. The highest BCUT2D eigenvalue weighted by atomic mass is 32.2. The molecule has 2 atom stereocenters. The molecule has 1 aromatic carbocycles. The fraction of sp³-hybridized carbons (Fsp3) is 0.474. The third kappa shape index (κ3) is 4.26. The Morgan fingerprint density at radius 2 is 1.86 bits per heavy atom. The second-order valence-electron chi connectivity index (χ2n) is 7.12. The van der Waals surface area contributed by atoms with E-state index in [1.807, 2.05) is 13.8 Å². The lowest BCUT2D eigenvalue weighted by Gasteiger charge is -2.34. The van der Waals surface area contributed by atoms with Gasteiger partial charge in [0.2, 0.25) is 10.0 Å². The Balaban J connectivity index is 1.71. The molecule has 28 heavy (non-hydrogen) atoms. The van der Waals surface area contributed by atoms with Crippen LogP contribution in [-0.4, -0.2) is 60.8 Å². The summed E-state index contributed by atoms with van der Waals surface area (Å²) in [6, 6.07) is 8.38. The molecular weight excluding hydrogens is 382 g/mol. The number of nitrogens with one attached hydrogen (secondary N) is 1. The van der Waals surface area contributed by atoms with Gasteiger partial charge in [0, 0.05) is 38.1 Å². The topological polar surface area (TPSA) is 97.7 Å². The van der Waals surface area contributed by atoms with Crippen molar-refractivity contribution in [1.82, 2.24) is 14.2 Å². The van der Waals surface area contributed by atoms with E-state index >= 15 is 0 Å². The Morgan fingerprint density at radius 3 is 2.54 bits per heavy atom. The lowest BCUT2D eigenvalue weighted by molar-refractivity contribution is -0.0440. The summed E-state index contributed by atoms with van der Waals surface area (Å²) in [6.07, 6.45) is -0.333. The summed E-state index contributed by atoms with van der Waals surface area (Å²) < 4.78 is 33.6. The van der Waals surface area contributed by atoms with Crippen molar-refractivity contribution in [2.24, 2.45) is 7.05 Å². The zero-order valence-corrected chi connectivity index (χ0v) is 17.0. The summed E-state index contributed by atoms with van der Waals surface area (Å²) in [6.45, 7) is 4.24. The predicted octanol–water partition coefficient (Wildman–Crippen LogP) is 0.707. The number of para-hydroxylation sites is 1. The minimum absolute atomic E-state index is 0.0369. The van der Waals surface area contributed by atoms with Crippen LogP contribution in [0.25, 0.3) is 10.9 Å². The Hall–Kier alpha value is -2.23. The molecule has 0 bridgehead atoms. The van der Waals surface area contributed by atoms with E-state index in [1.165, 1.54) is 14.9 Å². The van der Waals surface area contributed by atoms with Crippen LogP contribution < -0.4 is 10.9 Å². The number of hydrogen-bond acceptors (Lipinski definition) is 5. The van der Waals surface area contributed by atoms with Crippen molar-refractivity contribution >= 4 is 26.8 Å². The number of aromatic nitrogens is 1. The molecule has 0 saturated carbocycles. The number of fused-ring (bicyclic) bond motifs is 1. The third-order valence-electron chi connectivity index (χ3n) is 4.82. The van der Waals surface area contributed by atoms with Crippen LogP contribution in [0.3, 0.4) is 0 Å². The Bertz CT molecular complexity index is 1040. The maximum absolute atomic E-state index is 12.6. The van der Waals surface area contributed by atoms with Crippen molar-refractivity contribution in [3.05, 3.63) is 46.2 Å². The van der Waals surface area contributed by atoms with Crippen LogP contribution in [0.2, 0.25) is 0 Å². The zero-order chi connectivity index (χ0) is 20.5. The molecule has 2 unspecified atom stereocenters. The molecule has 1 fully saturated rings. The van der Waals surface area contributed by atoms with Crippen LogP contribution in [0.1, 0.15) is 24.2 Å². The average molecular weight is 407 g/mol. The van der Waals surface area contributed by atoms with Gasteiger partial charge in [-0.05, 0) is 19.9 Å². The van der Waals surface area contributed by atoms with E-state index in [4.69, 9.17) is 4.74 Å². The Labute approximate surface area is 164 Å². The molecule has 152 valence electrons. The van der Waals surface area contributed by atoms with Gasteiger partial charge in [-0.2, -0.15) is 4.31 Å². The van der Waals surface area contributed by atoms with Gasteiger partial charge in [-0.25, -0.2) is 8.42 Å². The number of sulfonamides is 1. The van der Waals surface area contributed by atoms with E-state index in [1.54, 1.807) is 31.3 Å². The number of nitrogens with zero attached hydrogens (tertiary/aromatic N) is 2. The van der Waals surface area contributed by atoms with Crippen LogP contribution in [0.4, 0.5) is 0 Å². The van der Waals surface area contributed by atoms with E-state index in [0.717, 1.165) is 0 Å². The Kier molecular flexibility index (Phi) is 5.87. The van der Waals surface area contributed by atoms with Gasteiger partial charge in [-0.3, -0.25) is 9.59 Å². The monoisotopic (exact) mass is 407 g/mol. The molecule has 1 N–H and O–H groups in total. The maximum Gasteiger partial charge on any atom is 0.252 e. The molecule has 2 aromatic rings. The minimum atomic E-state index is -3.51. The first-order chi connectivity index (χ1) is 13.2. The van der Waals surface area contributed by atoms with Gasteiger partial charge in [0.05, 0.1) is 29.0 Å². The molecule has 1 aromatic heterocycles. The van der Waals surface area contributed by atoms with Gasteiger partial charge >= 0.3 is 0 Å². The predicted molar refractivity (Wildman–Crippen MR) is 107 cm³/mol. The number of amides is 1. The van der Waals surface area contributed by atoms with E-state index in [-0.39, 0.29) is 35.6 Å². The van der Waals surface area contributed by atoms with E-state index in [9.17, 15) is 18.0 Å². The smallest absolute Gasteiger partial charge is 0.252 e. The molecule has 8 nitrogen and oxygen atoms in total. The summed E-state index contributed by atoms with van der Waals surface area (Å²) in [5.41, 5.74) is 0.585. The van der Waals surface area contributed by atoms with Crippen molar-refractivity contribution in [2.45, 2.75) is 26.1 Å². The number of carbonyl (C=O) groups excluding carboxylic acids is 1. The largest absolute Gasteiger partial charge is 0.373 e. The number of aryl methyl sites for hydroxylation is 1. The summed E-state index contributed by atoms with van der Waals surface area (Å²) >= 11 is 0. The van der Waals surface area contributed by atoms with Crippen molar-refractivity contribution in [3.8, 4) is 0 Å². The highest BCUT2D eigenvalue weighted by Crippen LogP contribution is 2.17. The average Bonchev–Trinajstić information content (AvgIpc) is 2.63. The number of benzene rings is 1. The molecule has 0 radical (unpaired) electrons. The van der Waals surface area contributed by atoms with E-state index in [2.05, 4.69) is 5.32 Å². The van der Waals surface area contributed by atoms with Crippen LogP contribution in [0.15, 0.2) is 35.1 Å². The molecule has 0 aliphatic carbocycles. The van der Waals surface area contributed by atoms with E-state index in [0.29, 0.717) is 24.0 Å². The van der Waals surface area contributed by atoms with Crippen LogP contribution in [0, 0.1) is 0 Å². The first kappa shape index (κ1) is 20.5. The van der Waals surface area contributed by atoms with Gasteiger partial charge in [-0.1, -0.05) is 18.2 Å². The first-order valence-corrected chi connectivity index (χ1v) is 10.8. The highest BCUT2D eigenvalue weighted by Gasteiger charge is 2.30. The lowest BCUT2D eigenvalue weighted by Crippen LogP contribution is -2.49. The number of ether oxygens (including phenoxy) is 1. The first-order valence-electron chi connectivity index (χ1n) is 9.19. The van der Waals surface area contributed by atoms with Crippen LogP contribution in [0.5, 0.6) is 0 Å². The maximum atomic E-state index is 12.6.